The summed E-state index contributed by atoms with van der Waals surface area (Å²) in [7, 11) is 1.69. The molecule has 8 rings (SSSR count). The monoisotopic (exact) mass is 856 g/mol. The molecule has 0 radical (unpaired) electrons. The van der Waals surface area contributed by atoms with Gasteiger partial charge in [0.2, 0.25) is 5.91 Å². The number of aryl methyl sites for hydroxylation is 1. The molecule has 3 N–H and O–H groups in total. The van der Waals surface area contributed by atoms with Crippen molar-refractivity contribution in [1.82, 2.24) is 40.6 Å². The number of hydrogen-bond donors (Lipinski definition) is 3. The smallest absolute Gasteiger partial charge is 0.328 e. The van der Waals surface area contributed by atoms with Crippen LogP contribution in [0.15, 0.2) is 71.6 Å². The first-order chi connectivity index (χ1) is 30.3. The fourth-order valence-electron chi connectivity index (χ4n) is 8.46. The Labute approximate surface area is 367 Å². The lowest BCUT2D eigenvalue weighted by Crippen LogP contribution is -2.49. The summed E-state index contributed by atoms with van der Waals surface area (Å²) in [6, 6.07) is 17.2. The van der Waals surface area contributed by atoms with Crippen molar-refractivity contribution in [3.63, 3.8) is 0 Å². The standard InChI is InChI=1S/C46H56N12O5/c1-29-23-32(7-12-35(29)30(2)50-42(60)43-53-44(54-63-43)46(3,4)5)36-24-39(49-28-48-36)51-40-25-38(62-6)37(26-47-40)57-21-19-55(20-22-57)27-31-13-16-56(17-14-31)33-8-10-34(11-9-33)58-18-15-41(59)52-45(58)61/h7-12,23-26,28,30-31H,13-22,27H2,1-6H3,(H,50,60)(H,52,59,61)(H,47,48,49,51)/t30-/m1/s1. The fourth-order valence-corrected chi connectivity index (χ4v) is 8.46. The summed E-state index contributed by atoms with van der Waals surface area (Å²) in [4.78, 5) is 63.7. The van der Waals surface area contributed by atoms with E-state index in [0.717, 1.165) is 104 Å². The van der Waals surface area contributed by atoms with Crippen molar-refractivity contribution in [2.75, 3.05) is 79.5 Å². The number of amides is 4. The number of imide groups is 1. The van der Waals surface area contributed by atoms with Crippen molar-refractivity contribution in [3.05, 3.63) is 90.0 Å². The number of hydrogen-bond acceptors (Lipinski definition) is 14. The number of nitrogens with zero attached hydrogens (tertiary/aromatic N) is 9. The van der Waals surface area contributed by atoms with E-state index >= 15 is 0 Å². The second-order valence-corrected chi connectivity index (χ2v) is 17.6. The summed E-state index contributed by atoms with van der Waals surface area (Å²) >= 11 is 0. The lowest BCUT2D eigenvalue weighted by molar-refractivity contribution is -0.120. The number of carbonyl (C=O) groups is 3. The average Bonchev–Trinajstić information content (AvgIpc) is 3.80. The Morgan fingerprint density at radius 2 is 1.63 bits per heavy atom. The zero-order valence-electron chi connectivity index (χ0n) is 36.8. The molecule has 5 aromatic rings. The molecular weight excluding hydrogens is 801 g/mol. The fraction of sp³-hybridized carbons (Fsp3) is 0.435. The zero-order valence-corrected chi connectivity index (χ0v) is 36.8. The van der Waals surface area contributed by atoms with Gasteiger partial charge in [-0.05, 0) is 74.1 Å². The van der Waals surface area contributed by atoms with E-state index in [9.17, 15) is 14.4 Å². The van der Waals surface area contributed by atoms with Crippen molar-refractivity contribution in [1.29, 1.82) is 0 Å². The second kappa shape index (κ2) is 18.4. The minimum Gasteiger partial charge on any atom is -0.494 e. The predicted octanol–water partition coefficient (Wildman–Crippen LogP) is 6.26. The minimum absolute atomic E-state index is 0.0580. The highest BCUT2D eigenvalue weighted by molar-refractivity contribution is 6.05. The molecule has 0 spiro atoms. The average molecular weight is 857 g/mol. The molecule has 3 aliphatic rings. The normalized spacial score (nSPS) is 17.1. The molecule has 17 nitrogen and oxygen atoms in total. The molecule has 3 aromatic heterocycles. The van der Waals surface area contributed by atoms with Gasteiger partial charge in [-0.1, -0.05) is 38.1 Å². The second-order valence-electron chi connectivity index (χ2n) is 17.6. The van der Waals surface area contributed by atoms with Gasteiger partial charge in [0, 0.05) is 93.3 Å². The third kappa shape index (κ3) is 10.0. The van der Waals surface area contributed by atoms with Crippen LogP contribution in [0.25, 0.3) is 11.3 Å². The number of methoxy groups -OCH3 is 1. The van der Waals surface area contributed by atoms with Crippen molar-refractivity contribution >= 4 is 46.5 Å². The molecule has 0 aliphatic carbocycles. The first-order valence-electron chi connectivity index (χ1n) is 21.6. The quantitative estimate of drug-likeness (QED) is 0.128. The van der Waals surface area contributed by atoms with Crippen molar-refractivity contribution in [2.24, 2.45) is 5.92 Å². The summed E-state index contributed by atoms with van der Waals surface area (Å²) < 4.78 is 11.1. The SMILES string of the molecule is COc1cc(Nc2cc(-c3ccc([C@@H](C)NC(=O)c4nc(C(C)(C)C)no4)c(C)c3)ncn2)ncc1N1CCN(CC2CCN(c3ccc(N4CCC(=O)NC4=O)cc3)CC2)CC1. The number of ether oxygens (including phenoxy) is 1. The molecule has 330 valence electrons. The van der Waals surface area contributed by atoms with Crippen LogP contribution >= 0.6 is 0 Å². The maximum Gasteiger partial charge on any atom is 0.328 e. The molecule has 0 bridgehead atoms. The molecule has 4 amide bonds. The Morgan fingerprint density at radius 3 is 2.32 bits per heavy atom. The van der Waals surface area contributed by atoms with Crippen LogP contribution in [0.4, 0.5) is 33.5 Å². The predicted molar refractivity (Wildman–Crippen MR) is 241 cm³/mol. The van der Waals surface area contributed by atoms with Crippen LogP contribution in [0.3, 0.4) is 0 Å². The third-order valence-corrected chi connectivity index (χ3v) is 12.1. The molecule has 63 heavy (non-hydrogen) atoms. The highest BCUT2D eigenvalue weighted by atomic mass is 16.5. The third-order valence-electron chi connectivity index (χ3n) is 12.1. The zero-order chi connectivity index (χ0) is 44.3. The van der Waals surface area contributed by atoms with Gasteiger partial charge in [0.15, 0.2) is 5.82 Å². The van der Waals surface area contributed by atoms with Crippen LogP contribution in [0.5, 0.6) is 5.75 Å². The van der Waals surface area contributed by atoms with Gasteiger partial charge in [0.1, 0.15) is 23.7 Å². The van der Waals surface area contributed by atoms with Crippen LogP contribution in [0, 0.1) is 12.8 Å². The van der Waals surface area contributed by atoms with Gasteiger partial charge in [-0.15, -0.1) is 0 Å². The molecular formula is C46H56N12O5. The molecule has 0 saturated carbocycles. The summed E-state index contributed by atoms with van der Waals surface area (Å²) in [5.74, 6) is 2.37. The number of nitrogens with one attached hydrogen (secondary N) is 3. The van der Waals surface area contributed by atoms with Gasteiger partial charge in [0.25, 0.3) is 0 Å². The van der Waals surface area contributed by atoms with Gasteiger partial charge >= 0.3 is 17.8 Å². The van der Waals surface area contributed by atoms with Crippen molar-refractivity contribution in [3.8, 4) is 17.0 Å². The summed E-state index contributed by atoms with van der Waals surface area (Å²) in [6.45, 7) is 17.0. The van der Waals surface area contributed by atoms with E-state index in [-0.39, 0.29) is 29.3 Å². The van der Waals surface area contributed by atoms with Crippen molar-refractivity contribution in [2.45, 2.75) is 65.3 Å². The first-order valence-corrected chi connectivity index (χ1v) is 21.6. The summed E-state index contributed by atoms with van der Waals surface area (Å²) in [5, 5.41) is 12.7. The van der Waals surface area contributed by atoms with Crippen LogP contribution in [0.2, 0.25) is 0 Å². The Balaban J connectivity index is 0.812. The highest BCUT2D eigenvalue weighted by Gasteiger charge is 2.28. The topological polar surface area (TPSA) is 187 Å². The van der Waals surface area contributed by atoms with E-state index in [1.165, 1.54) is 6.33 Å². The maximum atomic E-state index is 12.9. The lowest BCUT2D eigenvalue weighted by Gasteiger charge is -2.40. The number of rotatable bonds is 12. The number of pyridine rings is 1. The Kier molecular flexibility index (Phi) is 12.6. The van der Waals surface area contributed by atoms with Gasteiger partial charge in [-0.2, -0.15) is 4.98 Å². The molecule has 3 aliphatic heterocycles. The number of urea groups is 1. The number of carbonyl (C=O) groups excluding carboxylic acids is 3. The Hall–Kier alpha value is -6.62. The lowest BCUT2D eigenvalue weighted by atomic mass is 9.95. The number of benzene rings is 2. The molecule has 2 aromatic carbocycles. The number of piperazine rings is 1. The highest BCUT2D eigenvalue weighted by Crippen LogP contribution is 2.33. The first kappa shape index (κ1) is 43.0. The van der Waals surface area contributed by atoms with Crippen LogP contribution in [0.1, 0.15) is 80.6 Å². The largest absolute Gasteiger partial charge is 0.494 e. The molecule has 1 atom stereocenters. The van der Waals surface area contributed by atoms with E-state index in [1.54, 1.807) is 12.0 Å². The number of aromatic nitrogens is 5. The molecule has 0 unspecified atom stereocenters. The Morgan fingerprint density at radius 1 is 0.905 bits per heavy atom. The number of piperidine rings is 1. The Bertz CT molecular complexity index is 2430. The summed E-state index contributed by atoms with van der Waals surface area (Å²) in [6.07, 6.45) is 5.98. The molecule has 3 fully saturated rings. The maximum absolute atomic E-state index is 12.9. The minimum atomic E-state index is -0.420. The van der Waals surface area contributed by atoms with E-state index in [0.29, 0.717) is 36.3 Å². The number of anilines is 5. The van der Waals surface area contributed by atoms with Crippen LogP contribution in [-0.4, -0.2) is 107 Å². The van der Waals surface area contributed by atoms with Crippen LogP contribution in [-0.2, 0) is 10.2 Å². The molecule has 17 heteroatoms. The molecule has 3 saturated heterocycles. The van der Waals surface area contributed by atoms with Gasteiger partial charge < -0.3 is 29.7 Å². The van der Waals surface area contributed by atoms with Gasteiger partial charge in [-0.3, -0.25) is 24.7 Å². The van der Waals surface area contributed by atoms with E-state index < -0.39 is 5.91 Å². The van der Waals surface area contributed by atoms with E-state index in [2.05, 4.69) is 62.9 Å². The van der Waals surface area contributed by atoms with E-state index in [1.807, 2.05) is 83.3 Å². The van der Waals surface area contributed by atoms with Crippen molar-refractivity contribution < 1.29 is 23.6 Å². The van der Waals surface area contributed by atoms with Crippen LogP contribution < -0.4 is 35.4 Å². The molecule has 6 heterocycles. The van der Waals surface area contributed by atoms with E-state index in [4.69, 9.17) is 14.2 Å². The van der Waals surface area contributed by atoms with Gasteiger partial charge in [-0.25, -0.2) is 19.7 Å². The van der Waals surface area contributed by atoms with Gasteiger partial charge in [0.05, 0.1) is 30.7 Å². The summed E-state index contributed by atoms with van der Waals surface area (Å²) in [5.41, 5.74) is 6.20.